The molecule has 0 unspecified atom stereocenters. The minimum absolute atomic E-state index is 0.181. The van der Waals surface area contributed by atoms with Crippen molar-refractivity contribution in [3.05, 3.63) is 28.0 Å². The van der Waals surface area contributed by atoms with E-state index in [-0.39, 0.29) is 6.61 Å². The van der Waals surface area contributed by atoms with Crippen LogP contribution >= 0.6 is 11.3 Å². The molecule has 0 aromatic carbocycles. The molecule has 0 aliphatic rings. The number of aromatic nitrogens is 4. The van der Waals surface area contributed by atoms with Crippen molar-refractivity contribution in [2.24, 2.45) is 0 Å². The summed E-state index contributed by atoms with van der Waals surface area (Å²) in [4.78, 5) is 4.42. The average molecular weight is 281 g/mol. The zero-order valence-electron chi connectivity index (χ0n) is 11.0. The summed E-state index contributed by atoms with van der Waals surface area (Å²) in [6.45, 7) is 4.50. The number of rotatable bonds is 8. The lowest BCUT2D eigenvalue weighted by atomic mass is 10.3. The molecule has 2 aromatic rings. The maximum Gasteiger partial charge on any atom is 0.0964 e. The molecule has 104 valence electrons. The Morgan fingerprint density at radius 2 is 2.32 bits per heavy atom. The van der Waals surface area contributed by atoms with Gasteiger partial charge in [0.1, 0.15) is 0 Å². The Labute approximate surface area is 116 Å². The van der Waals surface area contributed by atoms with Gasteiger partial charge >= 0.3 is 0 Å². The van der Waals surface area contributed by atoms with Gasteiger partial charge in [-0.3, -0.25) is 4.68 Å². The molecule has 0 radical (unpaired) electrons. The number of aliphatic hydroxyl groups is 1. The number of aliphatic hydroxyl groups excluding tert-OH is 1. The van der Waals surface area contributed by atoms with Crippen LogP contribution in [0.5, 0.6) is 0 Å². The van der Waals surface area contributed by atoms with Crippen molar-refractivity contribution in [2.75, 3.05) is 13.2 Å². The highest BCUT2D eigenvalue weighted by Gasteiger charge is 2.01. The van der Waals surface area contributed by atoms with E-state index in [0.29, 0.717) is 19.5 Å². The molecule has 0 fully saturated rings. The lowest BCUT2D eigenvalue weighted by molar-refractivity contribution is 0.276. The average Bonchev–Trinajstić information content (AvgIpc) is 3.01. The SMILES string of the molecule is Cc1nc(CCNCc2cn(CCCO)nn2)cs1. The number of nitrogens with one attached hydrogen (secondary N) is 1. The van der Waals surface area contributed by atoms with Gasteiger partial charge in [-0.25, -0.2) is 4.98 Å². The Bertz CT molecular complexity index is 496. The van der Waals surface area contributed by atoms with Crippen molar-refractivity contribution in [1.82, 2.24) is 25.3 Å². The molecule has 0 atom stereocenters. The second kappa shape index (κ2) is 7.32. The zero-order valence-corrected chi connectivity index (χ0v) is 11.9. The van der Waals surface area contributed by atoms with Gasteiger partial charge in [0, 0.05) is 44.2 Å². The van der Waals surface area contributed by atoms with Gasteiger partial charge in [-0.2, -0.15) is 0 Å². The van der Waals surface area contributed by atoms with E-state index < -0.39 is 0 Å². The van der Waals surface area contributed by atoms with Crippen LogP contribution in [-0.4, -0.2) is 38.2 Å². The maximum absolute atomic E-state index is 8.74. The molecule has 0 spiro atoms. The number of thiazole rings is 1. The molecule has 0 aliphatic carbocycles. The fraction of sp³-hybridized carbons (Fsp3) is 0.583. The van der Waals surface area contributed by atoms with E-state index in [9.17, 15) is 0 Å². The zero-order chi connectivity index (χ0) is 13.5. The second-order valence-corrected chi connectivity index (χ2v) is 5.40. The third kappa shape index (κ3) is 4.70. The molecule has 2 aromatic heterocycles. The smallest absolute Gasteiger partial charge is 0.0964 e. The molecule has 0 saturated heterocycles. The monoisotopic (exact) mass is 281 g/mol. The fourth-order valence-electron chi connectivity index (χ4n) is 1.72. The predicted molar refractivity (Wildman–Crippen MR) is 74.0 cm³/mol. The minimum atomic E-state index is 0.181. The van der Waals surface area contributed by atoms with Crippen molar-refractivity contribution < 1.29 is 5.11 Å². The molecule has 0 saturated carbocycles. The summed E-state index contributed by atoms with van der Waals surface area (Å²) >= 11 is 1.68. The Morgan fingerprint density at radius 1 is 1.42 bits per heavy atom. The fourth-order valence-corrected chi connectivity index (χ4v) is 2.36. The first-order valence-corrected chi connectivity index (χ1v) is 7.27. The normalized spacial score (nSPS) is 11.1. The Kier molecular flexibility index (Phi) is 5.44. The van der Waals surface area contributed by atoms with Gasteiger partial charge in [0.05, 0.1) is 16.4 Å². The third-order valence-electron chi connectivity index (χ3n) is 2.66. The quantitative estimate of drug-likeness (QED) is 0.699. The standard InChI is InChI=1S/C12H19N5OS/c1-10-14-11(9-19-10)3-4-13-7-12-8-17(16-15-12)5-2-6-18/h8-9,13,18H,2-7H2,1H3. The van der Waals surface area contributed by atoms with Crippen LogP contribution in [0.15, 0.2) is 11.6 Å². The molecular formula is C12H19N5OS. The first-order chi connectivity index (χ1) is 9.28. The van der Waals surface area contributed by atoms with Crippen LogP contribution in [0, 0.1) is 6.92 Å². The maximum atomic E-state index is 8.74. The highest BCUT2D eigenvalue weighted by Crippen LogP contribution is 2.07. The van der Waals surface area contributed by atoms with E-state index in [2.05, 4.69) is 26.0 Å². The van der Waals surface area contributed by atoms with Crippen molar-refractivity contribution in [3.8, 4) is 0 Å². The molecular weight excluding hydrogens is 262 g/mol. The summed E-state index contributed by atoms with van der Waals surface area (Å²) in [5, 5.41) is 23.4. The highest BCUT2D eigenvalue weighted by atomic mass is 32.1. The molecule has 6 nitrogen and oxygen atoms in total. The van der Waals surface area contributed by atoms with Crippen molar-refractivity contribution in [3.63, 3.8) is 0 Å². The van der Waals surface area contributed by atoms with Crippen molar-refractivity contribution in [2.45, 2.75) is 32.9 Å². The van der Waals surface area contributed by atoms with Gasteiger partial charge in [0.25, 0.3) is 0 Å². The van der Waals surface area contributed by atoms with E-state index >= 15 is 0 Å². The Hall–Kier alpha value is -1.31. The summed E-state index contributed by atoms with van der Waals surface area (Å²) in [6.07, 6.45) is 3.55. The van der Waals surface area contributed by atoms with Gasteiger partial charge in [0.15, 0.2) is 0 Å². The molecule has 19 heavy (non-hydrogen) atoms. The first-order valence-electron chi connectivity index (χ1n) is 6.39. The lowest BCUT2D eigenvalue weighted by Crippen LogP contribution is -2.17. The van der Waals surface area contributed by atoms with Crippen LogP contribution in [0.2, 0.25) is 0 Å². The number of aryl methyl sites for hydroxylation is 2. The van der Waals surface area contributed by atoms with E-state index in [1.807, 2.05) is 13.1 Å². The molecule has 2 rings (SSSR count). The topological polar surface area (TPSA) is 75.9 Å². The van der Waals surface area contributed by atoms with Crippen LogP contribution in [0.1, 0.15) is 22.8 Å². The predicted octanol–water partition coefficient (Wildman–Crippen LogP) is 0.758. The van der Waals surface area contributed by atoms with Crippen molar-refractivity contribution >= 4 is 11.3 Å². The number of nitrogens with zero attached hydrogens (tertiary/aromatic N) is 4. The van der Waals surface area contributed by atoms with Gasteiger partial charge in [0.2, 0.25) is 0 Å². The molecule has 0 bridgehead atoms. The molecule has 0 aliphatic heterocycles. The summed E-state index contributed by atoms with van der Waals surface area (Å²) in [6, 6.07) is 0. The minimum Gasteiger partial charge on any atom is -0.396 e. The lowest BCUT2D eigenvalue weighted by Gasteiger charge is -2.00. The van der Waals surface area contributed by atoms with E-state index in [4.69, 9.17) is 5.11 Å². The Balaban J connectivity index is 1.66. The molecule has 7 heteroatoms. The summed E-state index contributed by atoms with van der Waals surface area (Å²) < 4.78 is 1.76. The molecule has 2 N–H and O–H groups in total. The van der Waals surface area contributed by atoms with Crippen LogP contribution < -0.4 is 5.32 Å². The number of hydrogen-bond donors (Lipinski definition) is 2. The molecule has 2 heterocycles. The van der Waals surface area contributed by atoms with Crippen LogP contribution in [0.25, 0.3) is 0 Å². The summed E-state index contributed by atoms with van der Waals surface area (Å²) in [7, 11) is 0. The van der Waals surface area contributed by atoms with E-state index in [1.54, 1.807) is 16.0 Å². The van der Waals surface area contributed by atoms with Crippen LogP contribution in [-0.2, 0) is 19.5 Å². The highest BCUT2D eigenvalue weighted by molar-refractivity contribution is 7.09. The second-order valence-electron chi connectivity index (χ2n) is 4.33. The van der Waals surface area contributed by atoms with Crippen LogP contribution in [0.4, 0.5) is 0 Å². The first kappa shape index (κ1) is 14.1. The third-order valence-corrected chi connectivity index (χ3v) is 3.48. The van der Waals surface area contributed by atoms with Gasteiger partial charge in [-0.15, -0.1) is 16.4 Å². The van der Waals surface area contributed by atoms with Gasteiger partial charge in [-0.05, 0) is 13.3 Å². The largest absolute Gasteiger partial charge is 0.396 e. The van der Waals surface area contributed by atoms with E-state index in [0.717, 1.165) is 29.4 Å². The summed E-state index contributed by atoms with van der Waals surface area (Å²) in [5.41, 5.74) is 2.06. The van der Waals surface area contributed by atoms with Gasteiger partial charge < -0.3 is 10.4 Å². The summed E-state index contributed by atoms with van der Waals surface area (Å²) in [5.74, 6) is 0. The Morgan fingerprint density at radius 3 is 3.05 bits per heavy atom. The van der Waals surface area contributed by atoms with Crippen LogP contribution in [0.3, 0.4) is 0 Å². The van der Waals surface area contributed by atoms with Crippen molar-refractivity contribution in [1.29, 1.82) is 0 Å². The number of hydrogen-bond acceptors (Lipinski definition) is 6. The molecule has 0 amide bonds. The van der Waals surface area contributed by atoms with Gasteiger partial charge in [-0.1, -0.05) is 5.21 Å². The van der Waals surface area contributed by atoms with E-state index in [1.165, 1.54) is 0 Å².